The summed E-state index contributed by atoms with van der Waals surface area (Å²) in [6.07, 6.45) is 0.382. The minimum atomic E-state index is -0.782. The molecule has 0 saturated carbocycles. The fourth-order valence-corrected chi connectivity index (χ4v) is 2.71. The van der Waals surface area contributed by atoms with Gasteiger partial charge in [-0.25, -0.2) is 9.82 Å². The quantitative estimate of drug-likeness (QED) is 0.467. The molecule has 3 aromatic carbocycles. The van der Waals surface area contributed by atoms with Crippen LogP contribution in [0.25, 0.3) is 11.1 Å². The number of nitrogens with zero attached hydrogens (tertiary/aromatic N) is 1. The van der Waals surface area contributed by atoms with Crippen LogP contribution in [0.1, 0.15) is 12.5 Å². The third-order valence-electron chi connectivity index (χ3n) is 4.01. The van der Waals surface area contributed by atoms with E-state index in [1.54, 1.807) is 25.1 Å². The number of hydrazone groups is 1. The van der Waals surface area contributed by atoms with Crippen LogP contribution >= 0.6 is 11.6 Å². The summed E-state index contributed by atoms with van der Waals surface area (Å²) >= 11 is 5.90. The van der Waals surface area contributed by atoms with Gasteiger partial charge in [-0.05, 0) is 42.3 Å². The Morgan fingerprint density at radius 1 is 1.04 bits per heavy atom. The Morgan fingerprint density at radius 3 is 2.39 bits per heavy atom. The Kier molecular flexibility index (Phi) is 6.40. The molecular formula is C22H18ClFN2O2. The third-order valence-corrected chi connectivity index (χ3v) is 4.34. The maximum Gasteiger partial charge on any atom is 0.280 e. The zero-order chi connectivity index (χ0) is 19.9. The lowest BCUT2D eigenvalue weighted by molar-refractivity contribution is -0.127. The average molecular weight is 397 g/mol. The molecule has 0 aromatic heterocycles. The Hall–Kier alpha value is -3.18. The minimum Gasteiger partial charge on any atom is -0.481 e. The first-order valence-corrected chi connectivity index (χ1v) is 9.01. The van der Waals surface area contributed by atoms with Gasteiger partial charge < -0.3 is 4.74 Å². The van der Waals surface area contributed by atoms with Crippen molar-refractivity contribution >= 4 is 23.7 Å². The molecule has 0 fully saturated rings. The number of carbonyl (C=O) groups excluding carboxylic acids is 1. The summed E-state index contributed by atoms with van der Waals surface area (Å²) < 4.78 is 19.3. The smallest absolute Gasteiger partial charge is 0.280 e. The number of halogens is 2. The van der Waals surface area contributed by atoms with Gasteiger partial charge in [-0.1, -0.05) is 60.1 Å². The highest BCUT2D eigenvalue weighted by molar-refractivity contribution is 6.33. The number of carbonyl (C=O) groups is 1. The zero-order valence-corrected chi connectivity index (χ0v) is 15.9. The highest BCUT2D eigenvalue weighted by Crippen LogP contribution is 2.22. The molecule has 6 heteroatoms. The molecule has 1 amide bonds. The number of benzene rings is 3. The number of hydrogen-bond acceptors (Lipinski definition) is 3. The fourth-order valence-electron chi connectivity index (χ4n) is 2.50. The Morgan fingerprint density at radius 2 is 1.71 bits per heavy atom. The Bertz CT molecular complexity index is 955. The van der Waals surface area contributed by atoms with Gasteiger partial charge in [-0.3, -0.25) is 4.79 Å². The summed E-state index contributed by atoms with van der Waals surface area (Å²) in [6, 6.07) is 21.7. The van der Waals surface area contributed by atoms with Crippen LogP contribution in [0, 0.1) is 5.82 Å². The van der Waals surface area contributed by atoms with Gasteiger partial charge in [0.2, 0.25) is 0 Å². The van der Waals surface area contributed by atoms with Crippen LogP contribution in [0.5, 0.6) is 5.75 Å². The molecule has 1 N–H and O–H groups in total. The first-order chi connectivity index (χ1) is 13.5. The van der Waals surface area contributed by atoms with E-state index in [1.165, 1.54) is 12.1 Å². The molecule has 0 aliphatic rings. The topological polar surface area (TPSA) is 50.7 Å². The Balaban J connectivity index is 1.57. The van der Waals surface area contributed by atoms with E-state index in [4.69, 9.17) is 16.3 Å². The first-order valence-electron chi connectivity index (χ1n) is 8.63. The van der Waals surface area contributed by atoms with Crippen molar-refractivity contribution in [3.8, 4) is 16.9 Å². The summed E-state index contributed by atoms with van der Waals surface area (Å²) in [4.78, 5) is 12.1. The van der Waals surface area contributed by atoms with Crippen LogP contribution < -0.4 is 10.2 Å². The number of hydrogen-bond donors (Lipinski definition) is 1. The van der Waals surface area contributed by atoms with E-state index in [2.05, 4.69) is 10.5 Å². The lowest BCUT2D eigenvalue weighted by Crippen LogP contribution is -2.33. The monoisotopic (exact) mass is 396 g/mol. The fraction of sp³-hybridized carbons (Fsp3) is 0.0909. The van der Waals surface area contributed by atoms with Gasteiger partial charge in [-0.15, -0.1) is 0 Å². The van der Waals surface area contributed by atoms with Gasteiger partial charge in [0.1, 0.15) is 11.6 Å². The molecule has 0 aliphatic heterocycles. The molecule has 0 bridgehead atoms. The van der Waals surface area contributed by atoms with Crippen molar-refractivity contribution < 1.29 is 13.9 Å². The molecule has 1 atom stereocenters. The Labute approximate surface area is 167 Å². The molecule has 1 unspecified atom stereocenters. The molecule has 3 rings (SSSR count). The standard InChI is InChI=1S/C22H18ClFN2O2/c1-15(22(27)26-25-14-19-20(23)8-5-9-21(19)24)28-18-12-10-17(11-13-18)16-6-3-2-4-7-16/h2-15H,1H3,(H,26,27)/b25-14+. The largest absolute Gasteiger partial charge is 0.481 e. The lowest BCUT2D eigenvalue weighted by atomic mass is 10.1. The maximum absolute atomic E-state index is 13.7. The van der Waals surface area contributed by atoms with Gasteiger partial charge in [0.25, 0.3) is 5.91 Å². The molecule has 142 valence electrons. The summed E-state index contributed by atoms with van der Waals surface area (Å²) in [5, 5.41) is 3.96. The van der Waals surface area contributed by atoms with Crippen molar-refractivity contribution in [1.82, 2.24) is 5.43 Å². The van der Waals surface area contributed by atoms with Crippen molar-refractivity contribution in [2.24, 2.45) is 5.10 Å². The molecule has 0 saturated heterocycles. The van der Waals surface area contributed by atoms with E-state index < -0.39 is 17.8 Å². The van der Waals surface area contributed by atoms with Crippen LogP contribution in [-0.2, 0) is 4.79 Å². The SMILES string of the molecule is CC(Oc1ccc(-c2ccccc2)cc1)C(=O)N/N=C/c1c(F)cccc1Cl. The lowest BCUT2D eigenvalue weighted by Gasteiger charge is -2.13. The van der Waals surface area contributed by atoms with Crippen molar-refractivity contribution in [3.63, 3.8) is 0 Å². The van der Waals surface area contributed by atoms with E-state index in [1.807, 2.05) is 42.5 Å². The molecule has 28 heavy (non-hydrogen) atoms. The van der Waals surface area contributed by atoms with Crippen molar-refractivity contribution in [2.75, 3.05) is 0 Å². The van der Waals surface area contributed by atoms with Crippen LogP contribution in [0.2, 0.25) is 5.02 Å². The van der Waals surface area contributed by atoms with E-state index >= 15 is 0 Å². The highest BCUT2D eigenvalue weighted by Gasteiger charge is 2.14. The maximum atomic E-state index is 13.7. The second kappa shape index (κ2) is 9.15. The molecule has 0 heterocycles. The van der Waals surface area contributed by atoms with E-state index in [0.717, 1.165) is 17.3 Å². The summed E-state index contributed by atoms with van der Waals surface area (Å²) in [7, 11) is 0. The van der Waals surface area contributed by atoms with Crippen molar-refractivity contribution in [2.45, 2.75) is 13.0 Å². The van der Waals surface area contributed by atoms with Gasteiger partial charge in [0.15, 0.2) is 6.10 Å². The van der Waals surface area contributed by atoms with Gasteiger partial charge in [0, 0.05) is 5.56 Å². The summed E-state index contributed by atoms with van der Waals surface area (Å²) in [5.41, 5.74) is 4.58. The molecule has 0 spiro atoms. The molecular weight excluding hydrogens is 379 g/mol. The third kappa shape index (κ3) is 4.96. The minimum absolute atomic E-state index is 0.106. The van der Waals surface area contributed by atoms with Crippen LogP contribution in [-0.4, -0.2) is 18.2 Å². The van der Waals surface area contributed by atoms with Gasteiger partial charge in [-0.2, -0.15) is 5.10 Å². The molecule has 0 radical (unpaired) electrons. The number of amides is 1. The highest BCUT2D eigenvalue weighted by atomic mass is 35.5. The number of rotatable bonds is 6. The molecule has 3 aromatic rings. The molecule has 4 nitrogen and oxygen atoms in total. The zero-order valence-electron chi connectivity index (χ0n) is 15.1. The number of ether oxygens (including phenoxy) is 1. The predicted octanol–water partition coefficient (Wildman–Crippen LogP) is 5.06. The van der Waals surface area contributed by atoms with E-state index in [0.29, 0.717) is 5.75 Å². The second-order valence-corrected chi connectivity index (χ2v) is 6.43. The normalized spacial score (nSPS) is 12.0. The van der Waals surface area contributed by atoms with Gasteiger partial charge >= 0.3 is 0 Å². The average Bonchev–Trinajstić information content (AvgIpc) is 2.71. The van der Waals surface area contributed by atoms with E-state index in [9.17, 15) is 9.18 Å². The first kappa shape index (κ1) is 19.6. The van der Waals surface area contributed by atoms with E-state index in [-0.39, 0.29) is 10.6 Å². The molecule has 0 aliphatic carbocycles. The predicted molar refractivity (Wildman–Crippen MR) is 109 cm³/mol. The second-order valence-electron chi connectivity index (χ2n) is 6.02. The number of nitrogens with one attached hydrogen (secondary N) is 1. The summed E-state index contributed by atoms with van der Waals surface area (Å²) in [6.45, 7) is 1.60. The van der Waals surface area contributed by atoms with Crippen molar-refractivity contribution in [3.05, 3.63) is 89.2 Å². The van der Waals surface area contributed by atoms with Gasteiger partial charge in [0.05, 0.1) is 11.2 Å². The van der Waals surface area contributed by atoms with Crippen LogP contribution in [0.15, 0.2) is 77.9 Å². The van der Waals surface area contributed by atoms with Crippen LogP contribution in [0.3, 0.4) is 0 Å². The summed E-state index contributed by atoms with van der Waals surface area (Å²) in [5.74, 6) is -0.424. The van der Waals surface area contributed by atoms with Crippen LogP contribution in [0.4, 0.5) is 4.39 Å². The van der Waals surface area contributed by atoms with Crippen molar-refractivity contribution in [1.29, 1.82) is 0 Å².